The second-order valence-corrected chi connectivity index (χ2v) is 6.04. The van der Waals surface area contributed by atoms with Gasteiger partial charge in [-0.05, 0) is 27.0 Å². The Bertz CT molecular complexity index is 344. The maximum atomic E-state index is 11.4. The summed E-state index contributed by atoms with van der Waals surface area (Å²) < 4.78 is 6.05. The van der Waals surface area contributed by atoms with Gasteiger partial charge in [-0.1, -0.05) is 23.1 Å². The number of esters is 1. The summed E-state index contributed by atoms with van der Waals surface area (Å²) in [7, 11) is 0. The van der Waals surface area contributed by atoms with E-state index in [-0.39, 0.29) is 12.4 Å². The minimum absolute atomic E-state index is 0.204. The van der Waals surface area contributed by atoms with Gasteiger partial charge in [0.15, 0.2) is 4.34 Å². The topological polar surface area (TPSA) is 52.1 Å². The maximum Gasteiger partial charge on any atom is 0.313 e. The highest BCUT2D eigenvalue weighted by Gasteiger charge is 2.18. The van der Waals surface area contributed by atoms with Gasteiger partial charge < -0.3 is 4.74 Å². The Labute approximate surface area is 97.4 Å². The van der Waals surface area contributed by atoms with Crippen LogP contribution in [-0.2, 0) is 16.0 Å². The van der Waals surface area contributed by atoms with Crippen LogP contribution in [0.2, 0.25) is 0 Å². The number of ether oxygens (including phenoxy) is 1. The lowest BCUT2D eigenvalue weighted by Crippen LogP contribution is -2.24. The van der Waals surface area contributed by atoms with Crippen molar-refractivity contribution in [2.45, 2.75) is 37.1 Å². The number of aromatic nitrogens is 2. The molecule has 0 N–H and O–H groups in total. The maximum absolute atomic E-state index is 11.4. The van der Waals surface area contributed by atoms with E-state index in [1.165, 1.54) is 23.1 Å². The molecule has 0 unspecified atom stereocenters. The molecule has 0 fully saturated rings. The molecule has 1 aromatic rings. The van der Waals surface area contributed by atoms with Crippen molar-refractivity contribution in [2.24, 2.45) is 0 Å². The zero-order valence-electron chi connectivity index (χ0n) is 9.23. The zero-order valence-corrected chi connectivity index (χ0v) is 10.9. The summed E-state index contributed by atoms with van der Waals surface area (Å²) in [5.41, 5.74) is -0.440. The normalized spacial score (nSPS) is 11.5. The Morgan fingerprint density at radius 1 is 1.47 bits per heavy atom. The first-order valence-corrected chi connectivity index (χ1v) is 6.53. The molecule has 0 amide bonds. The number of rotatable bonds is 3. The van der Waals surface area contributed by atoms with Crippen molar-refractivity contribution in [2.75, 3.05) is 6.26 Å². The average Bonchev–Trinajstić information content (AvgIpc) is 2.48. The first-order chi connectivity index (χ1) is 6.90. The lowest BCUT2D eigenvalue weighted by molar-refractivity contribution is -0.153. The number of carbonyl (C=O) groups is 1. The lowest BCUT2D eigenvalue weighted by Gasteiger charge is -2.18. The number of carbonyl (C=O) groups excluding carboxylic acids is 1. The molecule has 0 radical (unpaired) electrons. The van der Waals surface area contributed by atoms with Crippen LogP contribution in [0.15, 0.2) is 4.34 Å². The molecule has 0 aliphatic rings. The van der Waals surface area contributed by atoms with Crippen LogP contribution >= 0.6 is 23.1 Å². The molecular formula is C9H14N2O2S2. The van der Waals surface area contributed by atoms with E-state index in [1.807, 2.05) is 27.0 Å². The van der Waals surface area contributed by atoms with E-state index in [9.17, 15) is 4.79 Å². The van der Waals surface area contributed by atoms with E-state index >= 15 is 0 Å². The summed E-state index contributed by atoms with van der Waals surface area (Å²) in [5, 5.41) is 8.51. The quantitative estimate of drug-likeness (QED) is 0.604. The SMILES string of the molecule is CSc1nnc(CC(=O)OC(C)(C)C)s1. The molecule has 0 aliphatic heterocycles. The molecule has 0 aliphatic carbocycles. The molecule has 1 aromatic heterocycles. The van der Waals surface area contributed by atoms with E-state index in [0.717, 1.165) is 4.34 Å². The summed E-state index contributed by atoms with van der Waals surface area (Å²) in [6.07, 6.45) is 2.13. The summed E-state index contributed by atoms with van der Waals surface area (Å²) in [5.74, 6) is -0.258. The van der Waals surface area contributed by atoms with Gasteiger partial charge in [-0.25, -0.2) is 0 Å². The molecule has 0 spiro atoms. The first kappa shape index (κ1) is 12.4. The molecule has 0 saturated carbocycles. The van der Waals surface area contributed by atoms with Crippen LogP contribution in [0.3, 0.4) is 0 Å². The molecule has 15 heavy (non-hydrogen) atoms. The van der Waals surface area contributed by atoms with Crippen molar-refractivity contribution >= 4 is 29.1 Å². The van der Waals surface area contributed by atoms with Gasteiger partial charge >= 0.3 is 5.97 Å². The molecular weight excluding hydrogens is 232 g/mol. The third kappa shape index (κ3) is 4.61. The summed E-state index contributed by atoms with van der Waals surface area (Å²) >= 11 is 2.95. The fourth-order valence-corrected chi connectivity index (χ4v) is 2.19. The van der Waals surface area contributed by atoms with Crippen LogP contribution in [0.1, 0.15) is 25.8 Å². The fraction of sp³-hybridized carbons (Fsp3) is 0.667. The molecule has 0 atom stereocenters. The van der Waals surface area contributed by atoms with Crippen molar-refractivity contribution in [3.05, 3.63) is 5.01 Å². The van der Waals surface area contributed by atoms with E-state index in [4.69, 9.17) is 4.74 Å². The second-order valence-electron chi connectivity index (χ2n) is 3.93. The Morgan fingerprint density at radius 2 is 2.13 bits per heavy atom. The Balaban J connectivity index is 2.51. The van der Waals surface area contributed by atoms with Gasteiger partial charge in [-0.2, -0.15) is 0 Å². The minimum atomic E-state index is -0.440. The van der Waals surface area contributed by atoms with Crippen LogP contribution in [0.5, 0.6) is 0 Å². The predicted molar refractivity (Wildman–Crippen MR) is 61.2 cm³/mol. The van der Waals surface area contributed by atoms with Crippen molar-refractivity contribution < 1.29 is 9.53 Å². The number of thioether (sulfide) groups is 1. The molecule has 1 rings (SSSR count). The summed E-state index contributed by atoms with van der Waals surface area (Å²) in [6.45, 7) is 5.54. The van der Waals surface area contributed by atoms with Crippen LogP contribution in [0, 0.1) is 0 Å². The van der Waals surface area contributed by atoms with Gasteiger partial charge in [0, 0.05) is 0 Å². The van der Waals surface area contributed by atoms with Gasteiger partial charge in [-0.15, -0.1) is 10.2 Å². The second kappa shape index (κ2) is 4.94. The van der Waals surface area contributed by atoms with Crippen LogP contribution in [-0.4, -0.2) is 28.0 Å². The lowest BCUT2D eigenvalue weighted by atomic mass is 10.2. The molecule has 1 heterocycles. The summed E-state index contributed by atoms with van der Waals surface area (Å²) in [4.78, 5) is 11.4. The summed E-state index contributed by atoms with van der Waals surface area (Å²) in [6, 6.07) is 0. The number of hydrogen-bond acceptors (Lipinski definition) is 6. The molecule has 4 nitrogen and oxygen atoms in total. The number of hydrogen-bond donors (Lipinski definition) is 0. The largest absolute Gasteiger partial charge is 0.460 e. The number of nitrogens with zero attached hydrogens (tertiary/aromatic N) is 2. The van der Waals surface area contributed by atoms with E-state index in [2.05, 4.69) is 10.2 Å². The van der Waals surface area contributed by atoms with Crippen molar-refractivity contribution in [3.63, 3.8) is 0 Å². The van der Waals surface area contributed by atoms with Crippen molar-refractivity contribution in [1.82, 2.24) is 10.2 Å². The molecule has 84 valence electrons. The van der Waals surface area contributed by atoms with Gasteiger partial charge in [0.2, 0.25) is 0 Å². The average molecular weight is 246 g/mol. The Kier molecular flexibility index (Phi) is 4.10. The zero-order chi connectivity index (χ0) is 11.5. The smallest absolute Gasteiger partial charge is 0.313 e. The van der Waals surface area contributed by atoms with Gasteiger partial charge in [0.1, 0.15) is 10.6 Å². The Hall–Kier alpha value is -0.620. The monoisotopic (exact) mass is 246 g/mol. The van der Waals surface area contributed by atoms with Crippen LogP contribution in [0.25, 0.3) is 0 Å². The highest BCUT2D eigenvalue weighted by atomic mass is 32.2. The molecule has 6 heteroatoms. The van der Waals surface area contributed by atoms with E-state index in [1.54, 1.807) is 0 Å². The van der Waals surface area contributed by atoms with Crippen molar-refractivity contribution in [3.8, 4) is 0 Å². The van der Waals surface area contributed by atoms with Gasteiger partial charge in [0.25, 0.3) is 0 Å². The Morgan fingerprint density at radius 3 is 2.60 bits per heavy atom. The van der Waals surface area contributed by atoms with E-state index in [0.29, 0.717) is 5.01 Å². The molecule has 0 bridgehead atoms. The van der Waals surface area contributed by atoms with Crippen molar-refractivity contribution in [1.29, 1.82) is 0 Å². The minimum Gasteiger partial charge on any atom is -0.460 e. The fourth-order valence-electron chi connectivity index (χ4n) is 0.893. The van der Waals surface area contributed by atoms with E-state index < -0.39 is 5.60 Å². The third-order valence-corrected chi connectivity index (χ3v) is 3.24. The third-order valence-electron chi connectivity index (χ3n) is 1.34. The van der Waals surface area contributed by atoms with Crippen LogP contribution in [0.4, 0.5) is 0 Å². The van der Waals surface area contributed by atoms with Gasteiger partial charge in [-0.3, -0.25) is 4.79 Å². The van der Waals surface area contributed by atoms with Crippen LogP contribution < -0.4 is 0 Å². The molecule has 0 saturated heterocycles. The standard InChI is InChI=1S/C9H14N2O2S2/c1-9(2,3)13-7(12)5-6-10-11-8(14-4)15-6/h5H2,1-4H3. The highest BCUT2D eigenvalue weighted by Crippen LogP contribution is 2.20. The van der Waals surface area contributed by atoms with Gasteiger partial charge in [0.05, 0.1) is 6.42 Å². The molecule has 0 aromatic carbocycles. The highest BCUT2D eigenvalue weighted by molar-refractivity contribution is 8.00. The first-order valence-electron chi connectivity index (χ1n) is 4.49. The predicted octanol–water partition coefficient (Wildman–Crippen LogP) is 2.14.